The van der Waals surface area contributed by atoms with Gasteiger partial charge in [-0.05, 0) is 18.1 Å². The predicted octanol–water partition coefficient (Wildman–Crippen LogP) is 3.43. The summed E-state index contributed by atoms with van der Waals surface area (Å²) in [5.74, 6) is -0.827. The average molecular weight is 457 g/mol. The van der Waals surface area contributed by atoms with Crippen LogP contribution in [0.15, 0.2) is 65.6 Å². The first-order valence-electron chi connectivity index (χ1n) is 9.65. The second-order valence-electron chi connectivity index (χ2n) is 7.12. The third kappa shape index (κ3) is 3.81. The van der Waals surface area contributed by atoms with Crippen molar-refractivity contribution in [2.24, 2.45) is 0 Å². The lowest BCUT2D eigenvalue weighted by molar-refractivity contribution is -0.133. The number of carbonyl (C=O) groups excluding carboxylic acids is 2. The highest BCUT2D eigenvalue weighted by molar-refractivity contribution is 7.89. The van der Waals surface area contributed by atoms with Crippen molar-refractivity contribution in [3.05, 3.63) is 76.7 Å². The fourth-order valence-corrected chi connectivity index (χ4v) is 7.06. The molecule has 160 valence electrons. The summed E-state index contributed by atoms with van der Waals surface area (Å²) in [6.07, 6.45) is 0.240. The zero-order valence-corrected chi connectivity index (χ0v) is 18.2. The molecule has 31 heavy (non-hydrogen) atoms. The summed E-state index contributed by atoms with van der Waals surface area (Å²) in [5, 5.41) is 8.92. The van der Waals surface area contributed by atoms with Crippen molar-refractivity contribution in [2.45, 2.75) is 30.8 Å². The van der Waals surface area contributed by atoms with E-state index in [4.69, 9.17) is 5.21 Å². The second-order valence-corrected chi connectivity index (χ2v) is 10.1. The molecule has 1 atom stereocenters. The quantitative estimate of drug-likeness (QED) is 0.336. The van der Waals surface area contributed by atoms with Gasteiger partial charge in [0.2, 0.25) is 10.0 Å². The van der Waals surface area contributed by atoms with E-state index in [1.54, 1.807) is 54.9 Å². The highest BCUT2D eigenvalue weighted by Crippen LogP contribution is 2.42. The van der Waals surface area contributed by atoms with Gasteiger partial charge in [0.1, 0.15) is 6.04 Å². The molecule has 2 N–H and O–H groups in total. The average Bonchev–Trinajstić information content (AvgIpc) is 3.33. The van der Waals surface area contributed by atoms with Gasteiger partial charge in [0, 0.05) is 20.9 Å². The van der Waals surface area contributed by atoms with E-state index in [2.05, 4.69) is 0 Å². The van der Waals surface area contributed by atoms with E-state index >= 15 is 0 Å². The number of hydrogen-bond donors (Lipinski definition) is 2. The Morgan fingerprint density at radius 3 is 2.32 bits per heavy atom. The Hall–Kier alpha value is -2.85. The fourth-order valence-electron chi connectivity index (χ4n) is 3.65. The van der Waals surface area contributed by atoms with E-state index in [0.29, 0.717) is 16.0 Å². The van der Waals surface area contributed by atoms with Crippen molar-refractivity contribution in [1.82, 2.24) is 9.79 Å². The van der Waals surface area contributed by atoms with E-state index in [9.17, 15) is 18.0 Å². The van der Waals surface area contributed by atoms with Crippen LogP contribution < -0.4 is 5.48 Å². The summed E-state index contributed by atoms with van der Waals surface area (Å²) in [7, 11) is -3.84. The summed E-state index contributed by atoms with van der Waals surface area (Å²) >= 11 is 1.34. The first-order chi connectivity index (χ1) is 14.9. The molecule has 1 aliphatic rings. The van der Waals surface area contributed by atoms with Crippen LogP contribution in [-0.4, -0.2) is 35.7 Å². The highest BCUT2D eigenvalue weighted by atomic mass is 32.2. The van der Waals surface area contributed by atoms with Crippen LogP contribution in [0.4, 0.5) is 0 Å². The van der Waals surface area contributed by atoms with E-state index in [1.165, 1.54) is 11.3 Å². The largest absolute Gasteiger partial charge is 0.289 e. The minimum Gasteiger partial charge on any atom is -0.289 e. The Bertz CT molecular complexity index is 1230. The van der Waals surface area contributed by atoms with Crippen LogP contribution in [0.25, 0.3) is 10.4 Å². The number of fused-ring (bicyclic) bond motifs is 1. The molecule has 0 bridgehead atoms. The zero-order valence-electron chi connectivity index (χ0n) is 16.6. The van der Waals surface area contributed by atoms with Gasteiger partial charge in [0.25, 0.3) is 5.91 Å². The van der Waals surface area contributed by atoms with Gasteiger partial charge in [-0.1, -0.05) is 61.5 Å². The van der Waals surface area contributed by atoms with Gasteiger partial charge in [-0.3, -0.25) is 14.8 Å². The van der Waals surface area contributed by atoms with E-state index in [1.807, 2.05) is 18.2 Å². The summed E-state index contributed by atoms with van der Waals surface area (Å²) < 4.78 is 27.1. The molecule has 7 nitrogen and oxygen atoms in total. The molecular formula is C22H20N2O5S2. The lowest BCUT2D eigenvalue weighted by atomic mass is 10.0. The lowest BCUT2D eigenvalue weighted by Gasteiger charge is -2.23. The Balaban J connectivity index is 1.59. The Labute approximate surface area is 184 Å². The molecule has 2 aromatic carbocycles. The molecule has 0 aliphatic carbocycles. The van der Waals surface area contributed by atoms with E-state index in [-0.39, 0.29) is 23.6 Å². The van der Waals surface area contributed by atoms with E-state index in [0.717, 1.165) is 14.7 Å². The van der Waals surface area contributed by atoms with Crippen LogP contribution in [0.2, 0.25) is 0 Å². The maximum Gasteiger partial charge on any atom is 0.261 e. The van der Waals surface area contributed by atoms with Crippen molar-refractivity contribution in [1.29, 1.82) is 0 Å². The third-order valence-corrected chi connectivity index (χ3v) is 8.49. The van der Waals surface area contributed by atoms with Gasteiger partial charge in [-0.2, -0.15) is 4.31 Å². The first kappa shape index (κ1) is 21.4. The maximum atomic E-state index is 13.0. The summed E-state index contributed by atoms with van der Waals surface area (Å²) in [6, 6.07) is 16.7. The molecule has 1 unspecified atom stereocenters. The number of rotatable bonds is 6. The minimum atomic E-state index is -3.84. The number of carbonyl (C=O) groups is 2. The number of benzene rings is 2. The van der Waals surface area contributed by atoms with Gasteiger partial charge in [-0.25, -0.2) is 13.9 Å². The Morgan fingerprint density at radius 1 is 1.10 bits per heavy atom. The molecule has 4 rings (SSSR count). The van der Waals surface area contributed by atoms with Gasteiger partial charge < -0.3 is 0 Å². The normalized spacial score (nSPS) is 15.9. The number of nitrogens with zero attached hydrogens (tertiary/aromatic N) is 1. The predicted molar refractivity (Wildman–Crippen MR) is 116 cm³/mol. The van der Waals surface area contributed by atoms with Crippen molar-refractivity contribution in [2.75, 3.05) is 0 Å². The zero-order chi connectivity index (χ0) is 22.2. The Kier molecular flexibility index (Phi) is 5.76. The van der Waals surface area contributed by atoms with Crippen LogP contribution in [-0.2, 0) is 21.4 Å². The number of sulfonamides is 1. The van der Waals surface area contributed by atoms with Crippen LogP contribution in [0.1, 0.15) is 34.1 Å². The highest BCUT2D eigenvalue weighted by Gasteiger charge is 2.42. The van der Waals surface area contributed by atoms with Crippen LogP contribution in [0.5, 0.6) is 0 Å². The minimum absolute atomic E-state index is 0.0770. The van der Waals surface area contributed by atoms with Gasteiger partial charge in [-0.15, -0.1) is 11.3 Å². The standard InChI is InChI=1S/C22H20N2O5S2/c1-2-17(22(26)23-27)24-13-19-20(31(24,28)29)12-18(30-19)14-8-10-16(11-9-14)21(25)15-6-4-3-5-7-15/h3-12,17,27H,2,13H2,1H3,(H,23,26). The van der Waals surface area contributed by atoms with Crippen LogP contribution in [0.3, 0.4) is 0 Å². The van der Waals surface area contributed by atoms with Crippen molar-refractivity contribution in [3.63, 3.8) is 0 Å². The first-order valence-corrected chi connectivity index (χ1v) is 11.9. The third-order valence-electron chi connectivity index (χ3n) is 5.27. The topological polar surface area (TPSA) is 104 Å². The molecular weight excluding hydrogens is 436 g/mol. The number of amides is 1. The summed E-state index contributed by atoms with van der Waals surface area (Å²) in [6.45, 7) is 1.77. The molecule has 0 radical (unpaired) electrons. The number of nitrogens with one attached hydrogen (secondary N) is 1. The van der Waals surface area contributed by atoms with Gasteiger partial charge >= 0.3 is 0 Å². The summed E-state index contributed by atoms with van der Waals surface area (Å²) in [5.41, 5.74) is 3.51. The maximum absolute atomic E-state index is 13.0. The molecule has 1 amide bonds. The number of hydroxylamine groups is 1. The van der Waals surface area contributed by atoms with Crippen molar-refractivity contribution < 1.29 is 23.2 Å². The number of ketones is 1. The van der Waals surface area contributed by atoms with Crippen molar-refractivity contribution in [3.8, 4) is 10.4 Å². The summed E-state index contributed by atoms with van der Waals surface area (Å²) in [4.78, 5) is 26.0. The van der Waals surface area contributed by atoms with Gasteiger partial charge in [0.15, 0.2) is 5.78 Å². The Morgan fingerprint density at radius 2 is 1.74 bits per heavy atom. The second kappa shape index (κ2) is 8.35. The molecule has 0 fully saturated rings. The molecule has 0 saturated carbocycles. The monoisotopic (exact) mass is 456 g/mol. The van der Waals surface area contributed by atoms with Crippen LogP contribution >= 0.6 is 11.3 Å². The SMILES string of the molecule is CCC(C(=O)NO)N1Cc2sc(-c3ccc(C(=O)c4ccccc4)cc3)cc2S1(=O)=O. The van der Waals surface area contributed by atoms with Crippen molar-refractivity contribution >= 4 is 33.1 Å². The molecule has 9 heteroatoms. The lowest BCUT2D eigenvalue weighted by Crippen LogP contribution is -2.45. The molecule has 1 aromatic heterocycles. The molecule has 0 saturated heterocycles. The smallest absolute Gasteiger partial charge is 0.261 e. The molecule has 3 aromatic rings. The fraction of sp³-hybridized carbons (Fsp3) is 0.182. The van der Waals surface area contributed by atoms with Gasteiger partial charge in [0.05, 0.1) is 11.4 Å². The number of thiophene rings is 1. The molecule has 2 heterocycles. The number of hydrogen-bond acceptors (Lipinski definition) is 6. The molecule has 1 aliphatic heterocycles. The molecule has 0 spiro atoms. The van der Waals surface area contributed by atoms with Crippen LogP contribution in [0, 0.1) is 0 Å². The van der Waals surface area contributed by atoms with E-state index < -0.39 is 22.0 Å².